The van der Waals surface area contributed by atoms with Gasteiger partial charge >= 0.3 is 0 Å². The first-order chi connectivity index (χ1) is 14.5. The maximum atomic E-state index is 12.6. The van der Waals surface area contributed by atoms with E-state index >= 15 is 0 Å². The van der Waals surface area contributed by atoms with Gasteiger partial charge in [0.15, 0.2) is 6.54 Å². The van der Waals surface area contributed by atoms with Crippen LogP contribution >= 0.6 is 11.3 Å². The van der Waals surface area contributed by atoms with Crippen LogP contribution < -0.4 is 16.0 Å². The molecule has 0 fully saturated rings. The lowest BCUT2D eigenvalue weighted by Gasteiger charge is -2.13. The molecule has 4 rings (SSSR count). The second-order valence-electron chi connectivity index (χ2n) is 7.82. The third-order valence-electron chi connectivity index (χ3n) is 5.26. The van der Waals surface area contributed by atoms with Gasteiger partial charge in [-0.05, 0) is 30.4 Å². The van der Waals surface area contributed by atoms with Crippen molar-refractivity contribution in [2.24, 2.45) is 5.73 Å². The van der Waals surface area contributed by atoms with E-state index in [-0.39, 0.29) is 5.91 Å². The molecule has 3 aromatic rings. The summed E-state index contributed by atoms with van der Waals surface area (Å²) in [6.45, 7) is 1.70. The SMILES string of the molecule is C[NH+](CC(=O)Nc1sc2c(c1C(N)=O)CCC2)Cc1cnn(Cc2ccccc2)c1. The monoisotopic (exact) mass is 424 g/mol. The summed E-state index contributed by atoms with van der Waals surface area (Å²) in [4.78, 5) is 26.7. The van der Waals surface area contributed by atoms with Gasteiger partial charge in [0.1, 0.15) is 11.5 Å². The zero-order valence-corrected chi connectivity index (χ0v) is 17.8. The molecule has 2 heterocycles. The van der Waals surface area contributed by atoms with Crippen LogP contribution in [-0.4, -0.2) is 35.2 Å². The van der Waals surface area contributed by atoms with Crippen LogP contribution in [0.3, 0.4) is 0 Å². The summed E-state index contributed by atoms with van der Waals surface area (Å²) in [5, 5.41) is 7.93. The third-order valence-corrected chi connectivity index (χ3v) is 6.47. The summed E-state index contributed by atoms with van der Waals surface area (Å²) >= 11 is 1.49. The Bertz CT molecular complexity index is 1060. The standard InChI is InChI=1S/C22H25N5O2S/c1-26(11-16-10-24-27(13-16)12-15-6-3-2-4-7-15)14-19(28)25-22-20(21(23)29)17-8-5-9-18(17)30-22/h2-4,6-7,10,13H,5,8-9,11-12,14H2,1H3,(H2,23,29)(H,25,28)/p+1. The Labute approximate surface area is 179 Å². The fourth-order valence-corrected chi connectivity index (χ4v) is 5.27. The molecular weight excluding hydrogens is 398 g/mol. The number of likely N-dealkylation sites (N-methyl/N-ethyl adjacent to an activating group) is 1. The van der Waals surface area contributed by atoms with Crippen molar-refractivity contribution in [1.82, 2.24) is 9.78 Å². The number of nitrogens with one attached hydrogen (secondary N) is 2. The molecule has 8 heteroatoms. The smallest absolute Gasteiger partial charge is 0.280 e. The van der Waals surface area contributed by atoms with Gasteiger partial charge in [-0.15, -0.1) is 11.3 Å². The summed E-state index contributed by atoms with van der Waals surface area (Å²) in [7, 11) is 1.97. The molecule has 1 atom stereocenters. The van der Waals surface area contributed by atoms with Crippen molar-refractivity contribution in [2.75, 3.05) is 18.9 Å². The Hall–Kier alpha value is -2.97. The van der Waals surface area contributed by atoms with E-state index in [1.807, 2.05) is 42.3 Å². The Morgan fingerprint density at radius 1 is 1.23 bits per heavy atom. The quantitative estimate of drug-likeness (QED) is 0.508. The second kappa shape index (κ2) is 8.81. The molecule has 0 aliphatic heterocycles. The van der Waals surface area contributed by atoms with Crippen molar-refractivity contribution in [3.8, 4) is 0 Å². The van der Waals surface area contributed by atoms with Crippen LogP contribution in [0.4, 0.5) is 5.00 Å². The van der Waals surface area contributed by atoms with Crippen LogP contribution in [0.5, 0.6) is 0 Å². The van der Waals surface area contributed by atoms with E-state index in [0.717, 1.165) is 41.8 Å². The summed E-state index contributed by atoms with van der Waals surface area (Å²) < 4.78 is 1.91. The molecule has 2 aromatic heterocycles. The van der Waals surface area contributed by atoms with Crippen molar-refractivity contribution in [3.63, 3.8) is 0 Å². The van der Waals surface area contributed by atoms with Crippen molar-refractivity contribution in [3.05, 3.63) is 69.9 Å². The van der Waals surface area contributed by atoms with Gasteiger partial charge in [-0.2, -0.15) is 5.10 Å². The number of quaternary nitrogens is 1. The first kappa shape index (κ1) is 20.3. The fraction of sp³-hybridized carbons (Fsp3) is 0.318. The molecule has 1 aromatic carbocycles. The maximum Gasteiger partial charge on any atom is 0.280 e. The molecule has 7 nitrogen and oxygen atoms in total. The van der Waals surface area contributed by atoms with E-state index < -0.39 is 5.91 Å². The highest BCUT2D eigenvalue weighted by Gasteiger charge is 2.26. The molecule has 156 valence electrons. The predicted octanol–water partition coefficient (Wildman–Crippen LogP) is 1.23. The van der Waals surface area contributed by atoms with Crippen LogP contribution in [0.25, 0.3) is 0 Å². The highest BCUT2D eigenvalue weighted by molar-refractivity contribution is 7.17. The molecular formula is C22H26N5O2S+. The van der Waals surface area contributed by atoms with Gasteiger partial charge in [0, 0.05) is 16.6 Å². The van der Waals surface area contributed by atoms with Crippen LogP contribution in [0, 0.1) is 0 Å². The molecule has 30 heavy (non-hydrogen) atoms. The van der Waals surface area contributed by atoms with E-state index in [9.17, 15) is 9.59 Å². The molecule has 0 bridgehead atoms. The maximum absolute atomic E-state index is 12.6. The van der Waals surface area contributed by atoms with Gasteiger partial charge in [-0.1, -0.05) is 30.3 Å². The topological polar surface area (TPSA) is 94.4 Å². The first-order valence-electron chi connectivity index (χ1n) is 10.1. The third kappa shape index (κ3) is 4.60. The van der Waals surface area contributed by atoms with Crippen LogP contribution in [-0.2, 0) is 30.7 Å². The minimum atomic E-state index is -0.462. The van der Waals surface area contributed by atoms with Crippen molar-refractivity contribution in [2.45, 2.75) is 32.4 Å². The number of carbonyl (C=O) groups is 2. The van der Waals surface area contributed by atoms with Gasteiger partial charge in [0.05, 0.1) is 25.4 Å². The lowest BCUT2D eigenvalue weighted by atomic mass is 10.1. The van der Waals surface area contributed by atoms with E-state index in [4.69, 9.17) is 5.73 Å². The normalized spacial score (nSPS) is 13.8. The lowest BCUT2D eigenvalue weighted by Crippen LogP contribution is -3.08. The van der Waals surface area contributed by atoms with E-state index in [2.05, 4.69) is 22.5 Å². The van der Waals surface area contributed by atoms with Gasteiger partial charge in [0.25, 0.3) is 11.8 Å². The fourth-order valence-electron chi connectivity index (χ4n) is 3.96. The number of nitrogens with zero attached hydrogens (tertiary/aromatic N) is 2. The molecule has 1 aliphatic carbocycles. The molecule has 0 saturated carbocycles. The number of carbonyl (C=O) groups excluding carboxylic acids is 2. The zero-order chi connectivity index (χ0) is 21.1. The van der Waals surface area contributed by atoms with E-state index in [1.54, 1.807) is 0 Å². The van der Waals surface area contributed by atoms with Crippen molar-refractivity contribution < 1.29 is 14.5 Å². The molecule has 4 N–H and O–H groups in total. The van der Waals surface area contributed by atoms with Crippen molar-refractivity contribution in [1.29, 1.82) is 0 Å². The summed E-state index contributed by atoms with van der Waals surface area (Å²) in [6, 6.07) is 10.2. The van der Waals surface area contributed by atoms with Crippen LogP contribution in [0.2, 0.25) is 0 Å². The summed E-state index contributed by atoms with van der Waals surface area (Å²) in [5.74, 6) is -0.581. The van der Waals surface area contributed by atoms with Gasteiger partial charge < -0.3 is 16.0 Å². The minimum absolute atomic E-state index is 0.119. The second-order valence-corrected chi connectivity index (χ2v) is 8.92. The Morgan fingerprint density at radius 2 is 2.03 bits per heavy atom. The lowest BCUT2D eigenvalue weighted by molar-refractivity contribution is -0.885. The highest BCUT2D eigenvalue weighted by atomic mass is 32.1. The Morgan fingerprint density at radius 3 is 2.80 bits per heavy atom. The summed E-state index contributed by atoms with van der Waals surface area (Å²) in [6.07, 6.45) is 6.72. The molecule has 0 saturated heterocycles. The van der Waals surface area contributed by atoms with Crippen LogP contribution in [0.15, 0.2) is 42.7 Å². The number of hydrogen-bond acceptors (Lipinski definition) is 4. The zero-order valence-electron chi connectivity index (χ0n) is 17.0. The first-order valence-corrected chi connectivity index (χ1v) is 10.9. The average Bonchev–Trinajstić information content (AvgIpc) is 3.38. The molecule has 0 spiro atoms. The number of fused-ring (bicyclic) bond motifs is 1. The number of amides is 2. The van der Waals surface area contributed by atoms with E-state index in [0.29, 0.717) is 23.7 Å². The number of benzene rings is 1. The molecule has 1 unspecified atom stereocenters. The number of aromatic nitrogens is 2. The number of primary amides is 1. The highest BCUT2D eigenvalue weighted by Crippen LogP contribution is 2.38. The average molecular weight is 425 g/mol. The molecule has 0 radical (unpaired) electrons. The minimum Gasteiger partial charge on any atom is -0.365 e. The van der Waals surface area contributed by atoms with Crippen molar-refractivity contribution >= 4 is 28.2 Å². The Kier molecular flexibility index (Phi) is 5.96. The van der Waals surface area contributed by atoms with E-state index in [1.165, 1.54) is 21.8 Å². The number of aryl methyl sites for hydroxylation is 1. The number of nitrogens with two attached hydrogens (primary N) is 1. The Balaban J connectivity index is 1.33. The number of hydrogen-bond donors (Lipinski definition) is 3. The number of anilines is 1. The number of thiophene rings is 1. The predicted molar refractivity (Wildman–Crippen MR) is 117 cm³/mol. The van der Waals surface area contributed by atoms with Crippen LogP contribution in [0.1, 0.15) is 38.3 Å². The summed E-state index contributed by atoms with van der Waals surface area (Å²) in [5.41, 5.74) is 9.36. The van der Waals surface area contributed by atoms with Gasteiger partial charge in [-0.25, -0.2) is 0 Å². The van der Waals surface area contributed by atoms with Gasteiger partial charge in [0.2, 0.25) is 0 Å². The van der Waals surface area contributed by atoms with Gasteiger partial charge in [-0.3, -0.25) is 14.3 Å². The molecule has 2 amide bonds. The number of rotatable bonds is 8. The molecule has 1 aliphatic rings. The largest absolute Gasteiger partial charge is 0.365 e.